The number of nitrogens with one attached hydrogen (secondary N) is 1. The highest BCUT2D eigenvalue weighted by molar-refractivity contribution is 7.99. The molecule has 21 heavy (non-hydrogen) atoms. The second kappa shape index (κ2) is 7.67. The lowest BCUT2D eigenvalue weighted by Crippen LogP contribution is -2.50. The van der Waals surface area contributed by atoms with Crippen molar-refractivity contribution in [2.45, 2.75) is 70.1 Å². The summed E-state index contributed by atoms with van der Waals surface area (Å²) in [5.74, 6) is 3.25. The largest absolute Gasteiger partial charge is 0.379 e. The Hall–Kier alpha value is 0.230. The summed E-state index contributed by atoms with van der Waals surface area (Å²) < 4.78 is 11.9. The van der Waals surface area contributed by atoms with Crippen LogP contribution in [0.15, 0.2) is 0 Å². The van der Waals surface area contributed by atoms with Gasteiger partial charge in [-0.25, -0.2) is 0 Å². The van der Waals surface area contributed by atoms with E-state index in [0.29, 0.717) is 6.04 Å². The van der Waals surface area contributed by atoms with E-state index in [4.69, 9.17) is 9.47 Å². The van der Waals surface area contributed by atoms with Crippen molar-refractivity contribution in [2.75, 3.05) is 31.8 Å². The fraction of sp³-hybridized carbons (Fsp3) is 1.00. The average Bonchev–Trinajstić information content (AvgIpc) is 2.47. The molecule has 0 aromatic heterocycles. The maximum Gasteiger partial charge on any atom is 0.0701 e. The van der Waals surface area contributed by atoms with Gasteiger partial charge in [0.2, 0.25) is 0 Å². The maximum absolute atomic E-state index is 6.25. The molecule has 2 heterocycles. The summed E-state index contributed by atoms with van der Waals surface area (Å²) in [7, 11) is 1.83. The van der Waals surface area contributed by atoms with Crippen LogP contribution in [-0.2, 0) is 9.47 Å². The number of thioether (sulfide) groups is 1. The van der Waals surface area contributed by atoms with E-state index in [1.54, 1.807) is 0 Å². The Morgan fingerprint density at radius 3 is 2.71 bits per heavy atom. The minimum Gasteiger partial charge on any atom is -0.379 e. The first-order chi connectivity index (χ1) is 10.0. The van der Waals surface area contributed by atoms with Gasteiger partial charge in [-0.15, -0.1) is 0 Å². The Labute approximate surface area is 134 Å². The molecule has 2 aliphatic heterocycles. The van der Waals surface area contributed by atoms with Crippen LogP contribution in [0.25, 0.3) is 0 Å². The third-order valence-electron chi connectivity index (χ3n) is 5.23. The van der Waals surface area contributed by atoms with Crippen LogP contribution in [0, 0.1) is 5.92 Å². The van der Waals surface area contributed by atoms with Crippen LogP contribution < -0.4 is 5.32 Å². The molecular weight excluding hydrogens is 282 g/mol. The zero-order valence-corrected chi connectivity index (χ0v) is 15.1. The number of rotatable bonds is 6. The molecule has 1 spiro atoms. The van der Waals surface area contributed by atoms with Gasteiger partial charge in [-0.1, -0.05) is 6.92 Å². The van der Waals surface area contributed by atoms with Crippen LogP contribution in [-0.4, -0.2) is 49.0 Å². The van der Waals surface area contributed by atoms with Crippen molar-refractivity contribution in [3.05, 3.63) is 0 Å². The zero-order valence-electron chi connectivity index (χ0n) is 14.2. The summed E-state index contributed by atoms with van der Waals surface area (Å²) in [4.78, 5) is 0. The van der Waals surface area contributed by atoms with E-state index in [1.165, 1.54) is 37.2 Å². The van der Waals surface area contributed by atoms with Gasteiger partial charge in [-0.3, -0.25) is 0 Å². The molecule has 0 aromatic rings. The summed E-state index contributed by atoms with van der Waals surface area (Å²) in [6.07, 6.45) is 5.96. The third-order valence-corrected chi connectivity index (χ3v) is 6.22. The molecule has 3 nitrogen and oxygen atoms in total. The zero-order chi connectivity index (χ0) is 15.3. The minimum atomic E-state index is -0.0548. The third kappa shape index (κ3) is 4.85. The Bertz CT molecular complexity index is 310. The summed E-state index contributed by atoms with van der Waals surface area (Å²) in [5, 5.41) is 3.72. The fourth-order valence-electron chi connectivity index (χ4n) is 3.78. The van der Waals surface area contributed by atoms with E-state index in [0.717, 1.165) is 25.5 Å². The predicted octanol–water partition coefficient (Wildman–Crippen LogP) is 3.47. The second-order valence-corrected chi connectivity index (χ2v) is 8.45. The molecule has 0 saturated carbocycles. The highest BCUT2D eigenvalue weighted by atomic mass is 32.2. The van der Waals surface area contributed by atoms with Gasteiger partial charge in [0, 0.05) is 19.8 Å². The molecule has 2 fully saturated rings. The van der Waals surface area contributed by atoms with Gasteiger partial charge in [0.15, 0.2) is 0 Å². The normalized spacial score (nSPS) is 27.7. The van der Waals surface area contributed by atoms with Crippen LogP contribution in [0.2, 0.25) is 0 Å². The molecule has 0 aromatic carbocycles. The van der Waals surface area contributed by atoms with Gasteiger partial charge in [0.05, 0.1) is 11.2 Å². The first-order valence-electron chi connectivity index (χ1n) is 8.50. The highest BCUT2D eigenvalue weighted by Gasteiger charge is 2.41. The first kappa shape index (κ1) is 17.6. The average molecular weight is 316 g/mol. The minimum absolute atomic E-state index is 0.0548. The van der Waals surface area contributed by atoms with Crippen LogP contribution >= 0.6 is 11.8 Å². The van der Waals surface area contributed by atoms with E-state index < -0.39 is 0 Å². The predicted molar refractivity (Wildman–Crippen MR) is 91.1 cm³/mol. The molecule has 0 bridgehead atoms. The quantitative estimate of drug-likeness (QED) is 0.813. The van der Waals surface area contributed by atoms with Gasteiger partial charge >= 0.3 is 0 Å². The fourth-order valence-corrected chi connectivity index (χ4v) is 5.02. The molecule has 0 aliphatic carbocycles. The molecule has 0 radical (unpaired) electrons. The Morgan fingerprint density at radius 1 is 1.38 bits per heavy atom. The SMILES string of the molecule is CCNC(CC(C)(C)OC)C1CCOC2(CCSCC2)C1. The van der Waals surface area contributed by atoms with Crippen molar-refractivity contribution in [1.29, 1.82) is 0 Å². The highest BCUT2D eigenvalue weighted by Crippen LogP contribution is 2.41. The lowest BCUT2D eigenvalue weighted by Gasteiger charge is -2.46. The molecule has 2 unspecified atom stereocenters. The van der Waals surface area contributed by atoms with Crippen LogP contribution in [0.1, 0.15) is 52.9 Å². The van der Waals surface area contributed by atoms with E-state index in [-0.39, 0.29) is 11.2 Å². The van der Waals surface area contributed by atoms with E-state index in [2.05, 4.69) is 37.8 Å². The van der Waals surface area contributed by atoms with Gasteiger partial charge < -0.3 is 14.8 Å². The van der Waals surface area contributed by atoms with Crippen LogP contribution in [0.3, 0.4) is 0 Å². The molecule has 2 saturated heterocycles. The Kier molecular flexibility index (Phi) is 6.42. The van der Waals surface area contributed by atoms with Gasteiger partial charge in [0.1, 0.15) is 0 Å². The smallest absolute Gasteiger partial charge is 0.0701 e. The maximum atomic E-state index is 6.25. The lowest BCUT2D eigenvalue weighted by molar-refractivity contribution is -0.111. The van der Waals surface area contributed by atoms with Crippen LogP contribution in [0.5, 0.6) is 0 Å². The number of hydrogen-bond acceptors (Lipinski definition) is 4. The number of methoxy groups -OCH3 is 1. The summed E-state index contributed by atoms with van der Waals surface area (Å²) in [6.45, 7) is 8.57. The van der Waals surface area contributed by atoms with Crippen molar-refractivity contribution < 1.29 is 9.47 Å². The van der Waals surface area contributed by atoms with Crippen LogP contribution in [0.4, 0.5) is 0 Å². The molecular formula is C17H33NO2S. The van der Waals surface area contributed by atoms with Crippen molar-refractivity contribution in [3.63, 3.8) is 0 Å². The monoisotopic (exact) mass is 315 g/mol. The summed E-state index contributed by atoms with van der Waals surface area (Å²) >= 11 is 2.08. The summed E-state index contributed by atoms with van der Waals surface area (Å²) in [6, 6.07) is 0.542. The van der Waals surface area contributed by atoms with Gasteiger partial charge in [0.25, 0.3) is 0 Å². The van der Waals surface area contributed by atoms with E-state index >= 15 is 0 Å². The van der Waals surface area contributed by atoms with E-state index in [1.807, 2.05) is 7.11 Å². The molecule has 124 valence electrons. The van der Waals surface area contributed by atoms with Crippen molar-refractivity contribution in [1.82, 2.24) is 5.32 Å². The number of hydrogen-bond donors (Lipinski definition) is 1. The molecule has 2 aliphatic rings. The molecule has 1 N–H and O–H groups in total. The van der Waals surface area contributed by atoms with Crippen molar-refractivity contribution in [3.8, 4) is 0 Å². The molecule has 4 heteroatoms. The van der Waals surface area contributed by atoms with Crippen molar-refractivity contribution >= 4 is 11.8 Å². The molecule has 2 rings (SSSR count). The van der Waals surface area contributed by atoms with Gasteiger partial charge in [-0.05, 0) is 69.9 Å². The standard InChI is InChI=1S/C17H33NO2S/c1-5-18-15(13-16(2,3)19-4)14-6-9-20-17(12-14)7-10-21-11-8-17/h14-15,18H,5-13H2,1-4H3. The number of ether oxygens (including phenoxy) is 2. The van der Waals surface area contributed by atoms with Gasteiger partial charge in [-0.2, -0.15) is 11.8 Å². The first-order valence-corrected chi connectivity index (χ1v) is 9.66. The Balaban J connectivity index is 2.01. The topological polar surface area (TPSA) is 30.5 Å². The second-order valence-electron chi connectivity index (χ2n) is 7.23. The summed E-state index contributed by atoms with van der Waals surface area (Å²) in [5.41, 5.74) is 0.125. The Morgan fingerprint density at radius 2 is 2.10 bits per heavy atom. The lowest BCUT2D eigenvalue weighted by atomic mass is 9.76. The molecule has 2 atom stereocenters. The van der Waals surface area contributed by atoms with E-state index in [9.17, 15) is 0 Å². The van der Waals surface area contributed by atoms with Crippen molar-refractivity contribution in [2.24, 2.45) is 5.92 Å². The molecule has 0 amide bonds.